The normalized spacial score (nSPS) is 17.4. The van der Waals surface area contributed by atoms with Crippen molar-refractivity contribution in [2.45, 2.75) is 19.1 Å². The van der Waals surface area contributed by atoms with Gasteiger partial charge in [-0.25, -0.2) is 0 Å². The second-order valence-electron chi connectivity index (χ2n) is 1.47. The molecule has 0 heterocycles. The van der Waals surface area contributed by atoms with Crippen molar-refractivity contribution in [3.05, 3.63) is 0 Å². The molecule has 0 aliphatic rings. The van der Waals surface area contributed by atoms with Gasteiger partial charge in [0.25, 0.3) is 0 Å². The molecule has 0 aromatic carbocycles. The monoisotopic (exact) mass is 99.1 g/mol. The predicted octanol–water partition coefficient (Wildman–Crippen LogP) is -0.672. The topological polar surface area (TPSA) is 46.2 Å². The van der Waals surface area contributed by atoms with Gasteiger partial charge in [-0.2, -0.15) is 0 Å². The van der Waals surface area contributed by atoms with Crippen LogP contribution in [0.1, 0.15) is 6.92 Å². The average Bonchev–Trinajstić information content (AvgIpc) is 1.65. The van der Waals surface area contributed by atoms with E-state index in [2.05, 4.69) is 5.92 Å². The lowest BCUT2D eigenvalue weighted by atomic mass is 10.2. The van der Waals surface area contributed by atoms with Crippen LogP contribution in [0.3, 0.4) is 0 Å². The molecule has 3 N–H and O–H groups in total. The van der Waals surface area contributed by atoms with Gasteiger partial charge in [0.15, 0.2) is 0 Å². The average molecular weight is 99.1 g/mol. The maximum Gasteiger partial charge on any atom is 0.129 e. The minimum atomic E-state index is -0.792. The van der Waals surface area contributed by atoms with Crippen LogP contribution >= 0.6 is 0 Å². The first-order valence-corrected chi connectivity index (χ1v) is 2.08. The van der Waals surface area contributed by atoms with E-state index in [1.165, 1.54) is 0 Å². The summed E-state index contributed by atoms with van der Waals surface area (Å²) in [6.45, 7) is 1.66. The molecule has 0 spiro atoms. The van der Waals surface area contributed by atoms with Crippen molar-refractivity contribution >= 4 is 0 Å². The molecular formula is C5H9NO. The van der Waals surface area contributed by atoms with Crippen LogP contribution in [0, 0.1) is 12.3 Å². The molecule has 0 amide bonds. The van der Waals surface area contributed by atoms with Gasteiger partial charge in [0.05, 0.1) is 0 Å². The molecule has 0 aromatic rings. The van der Waals surface area contributed by atoms with E-state index < -0.39 is 6.10 Å². The molecule has 0 aliphatic heterocycles. The Morgan fingerprint density at radius 3 is 2.29 bits per heavy atom. The minimum absolute atomic E-state index is 0.315. The molecule has 0 aliphatic carbocycles. The fourth-order valence-electron chi connectivity index (χ4n) is 0.152. The third-order valence-electron chi connectivity index (χ3n) is 0.669. The second-order valence-corrected chi connectivity index (χ2v) is 1.47. The molecule has 0 radical (unpaired) electrons. The van der Waals surface area contributed by atoms with Crippen LogP contribution in [0.4, 0.5) is 0 Å². The van der Waals surface area contributed by atoms with E-state index in [1.54, 1.807) is 6.92 Å². The molecule has 2 nitrogen and oxygen atoms in total. The highest BCUT2D eigenvalue weighted by Gasteiger charge is 2.01. The van der Waals surface area contributed by atoms with Crippen molar-refractivity contribution in [3.8, 4) is 12.3 Å². The number of hydrogen-bond acceptors (Lipinski definition) is 2. The first kappa shape index (κ1) is 6.48. The molecule has 0 rings (SSSR count). The van der Waals surface area contributed by atoms with Crippen LogP contribution in [0.2, 0.25) is 0 Å². The summed E-state index contributed by atoms with van der Waals surface area (Å²) in [4.78, 5) is 0. The smallest absolute Gasteiger partial charge is 0.129 e. The number of rotatable bonds is 1. The van der Waals surface area contributed by atoms with Crippen molar-refractivity contribution in [1.82, 2.24) is 0 Å². The van der Waals surface area contributed by atoms with Gasteiger partial charge in [-0.1, -0.05) is 5.92 Å². The molecule has 0 saturated heterocycles. The molecule has 0 bridgehead atoms. The van der Waals surface area contributed by atoms with E-state index in [-0.39, 0.29) is 6.04 Å². The zero-order chi connectivity index (χ0) is 5.86. The highest BCUT2D eigenvalue weighted by atomic mass is 16.3. The third kappa shape index (κ3) is 2.21. The van der Waals surface area contributed by atoms with E-state index in [9.17, 15) is 0 Å². The van der Waals surface area contributed by atoms with E-state index in [0.717, 1.165) is 0 Å². The Balaban J connectivity index is 3.40. The summed E-state index contributed by atoms with van der Waals surface area (Å²) in [6.07, 6.45) is 4.00. The first-order chi connectivity index (χ1) is 3.18. The summed E-state index contributed by atoms with van der Waals surface area (Å²) < 4.78 is 0. The lowest BCUT2D eigenvalue weighted by Crippen LogP contribution is -2.29. The lowest BCUT2D eigenvalue weighted by Gasteiger charge is -2.04. The van der Waals surface area contributed by atoms with Crippen molar-refractivity contribution < 1.29 is 5.11 Å². The van der Waals surface area contributed by atoms with E-state index in [4.69, 9.17) is 17.3 Å². The van der Waals surface area contributed by atoms with Gasteiger partial charge >= 0.3 is 0 Å². The van der Waals surface area contributed by atoms with Crippen LogP contribution in [0.15, 0.2) is 0 Å². The number of aliphatic hydroxyl groups excluding tert-OH is 1. The van der Waals surface area contributed by atoms with E-state index in [1.807, 2.05) is 0 Å². The summed E-state index contributed by atoms with van der Waals surface area (Å²) >= 11 is 0. The van der Waals surface area contributed by atoms with Gasteiger partial charge in [0.2, 0.25) is 0 Å². The highest BCUT2D eigenvalue weighted by molar-refractivity contribution is 4.97. The maximum atomic E-state index is 8.57. The number of hydrogen-bond donors (Lipinski definition) is 2. The Hall–Kier alpha value is -0.520. The van der Waals surface area contributed by atoms with Crippen LogP contribution in [-0.4, -0.2) is 17.3 Å². The SMILES string of the molecule is C#CC(O)C(C)N. The molecule has 0 saturated carbocycles. The minimum Gasteiger partial charge on any atom is -0.379 e. The van der Waals surface area contributed by atoms with Crippen LogP contribution < -0.4 is 5.73 Å². The zero-order valence-corrected chi connectivity index (χ0v) is 4.26. The second kappa shape index (κ2) is 2.62. The number of aliphatic hydroxyl groups is 1. The summed E-state index contributed by atoms with van der Waals surface area (Å²) in [5, 5.41) is 8.57. The van der Waals surface area contributed by atoms with Crippen LogP contribution in [-0.2, 0) is 0 Å². The molecule has 0 aromatic heterocycles. The molecule has 2 heteroatoms. The fourth-order valence-corrected chi connectivity index (χ4v) is 0.152. The summed E-state index contributed by atoms with van der Waals surface area (Å²) in [5.74, 6) is 2.09. The zero-order valence-electron chi connectivity index (χ0n) is 4.26. The summed E-state index contributed by atoms with van der Waals surface area (Å²) in [5.41, 5.74) is 5.15. The molecule has 2 unspecified atom stereocenters. The predicted molar refractivity (Wildman–Crippen MR) is 28.5 cm³/mol. The van der Waals surface area contributed by atoms with Crippen LogP contribution in [0.5, 0.6) is 0 Å². The summed E-state index contributed by atoms with van der Waals surface area (Å²) in [6, 6.07) is -0.315. The van der Waals surface area contributed by atoms with Gasteiger partial charge in [-0.05, 0) is 6.92 Å². The van der Waals surface area contributed by atoms with Crippen LogP contribution in [0.25, 0.3) is 0 Å². The Morgan fingerprint density at radius 2 is 2.29 bits per heavy atom. The van der Waals surface area contributed by atoms with Crippen molar-refractivity contribution in [2.24, 2.45) is 5.73 Å². The first-order valence-electron chi connectivity index (χ1n) is 2.08. The largest absolute Gasteiger partial charge is 0.379 e. The van der Waals surface area contributed by atoms with E-state index in [0.29, 0.717) is 0 Å². The van der Waals surface area contributed by atoms with Crippen molar-refractivity contribution in [1.29, 1.82) is 0 Å². The quantitative estimate of drug-likeness (QED) is 0.428. The number of terminal acetylenes is 1. The highest BCUT2D eigenvalue weighted by Crippen LogP contribution is 1.82. The van der Waals surface area contributed by atoms with E-state index >= 15 is 0 Å². The molecule has 7 heavy (non-hydrogen) atoms. The molecular weight excluding hydrogens is 90.1 g/mol. The maximum absolute atomic E-state index is 8.57. The molecule has 2 atom stereocenters. The molecule has 40 valence electrons. The van der Waals surface area contributed by atoms with Gasteiger partial charge in [-0.15, -0.1) is 6.42 Å². The standard InChI is InChI=1S/C5H9NO/c1-3-5(7)4(2)6/h1,4-5,7H,6H2,2H3. The van der Waals surface area contributed by atoms with Gasteiger partial charge in [0, 0.05) is 6.04 Å². The van der Waals surface area contributed by atoms with Gasteiger partial charge in [-0.3, -0.25) is 0 Å². The van der Waals surface area contributed by atoms with Gasteiger partial charge < -0.3 is 10.8 Å². The van der Waals surface area contributed by atoms with Gasteiger partial charge in [0.1, 0.15) is 6.10 Å². The molecule has 0 fully saturated rings. The third-order valence-corrected chi connectivity index (χ3v) is 0.669. The summed E-state index contributed by atoms with van der Waals surface area (Å²) in [7, 11) is 0. The fraction of sp³-hybridized carbons (Fsp3) is 0.600. The Kier molecular flexibility index (Phi) is 2.42. The van der Waals surface area contributed by atoms with Crippen molar-refractivity contribution in [3.63, 3.8) is 0 Å². The Labute approximate surface area is 43.3 Å². The Bertz CT molecular complexity index is 82.6. The Morgan fingerprint density at radius 1 is 1.86 bits per heavy atom. The lowest BCUT2D eigenvalue weighted by molar-refractivity contribution is 0.208. The number of nitrogens with two attached hydrogens (primary N) is 1. The van der Waals surface area contributed by atoms with Crippen molar-refractivity contribution in [2.75, 3.05) is 0 Å².